The van der Waals surface area contributed by atoms with E-state index in [0.29, 0.717) is 4.90 Å². The van der Waals surface area contributed by atoms with Gasteiger partial charge in [-0.05, 0) is 86.0 Å². The lowest BCUT2D eigenvalue weighted by molar-refractivity contribution is 0.222. The predicted octanol–water partition coefficient (Wildman–Crippen LogP) is 2.14. The van der Waals surface area contributed by atoms with Crippen molar-refractivity contribution in [3.8, 4) is 0 Å². The van der Waals surface area contributed by atoms with Crippen molar-refractivity contribution in [2.45, 2.75) is 30.6 Å². The Morgan fingerprint density at radius 1 is 1.00 bits per heavy atom. The molecule has 1 atom stereocenters. The first-order valence-electron chi connectivity index (χ1n) is 7.89. The Labute approximate surface area is 129 Å². The van der Waals surface area contributed by atoms with Crippen molar-refractivity contribution < 1.29 is 8.76 Å². The van der Waals surface area contributed by atoms with E-state index in [1.165, 1.54) is 38.8 Å². The Balaban J connectivity index is 1.56. The topological polar surface area (TPSA) is 55.4 Å². The molecule has 0 saturated carbocycles. The lowest BCUT2D eigenvalue weighted by Crippen LogP contribution is -2.39. The van der Waals surface area contributed by atoms with E-state index in [4.69, 9.17) is 0 Å². The van der Waals surface area contributed by atoms with Gasteiger partial charge in [0.2, 0.25) is 0 Å². The summed E-state index contributed by atoms with van der Waals surface area (Å²) in [7, 11) is 0. The first-order chi connectivity index (χ1) is 10.2. The first kappa shape index (κ1) is 15.0. The van der Waals surface area contributed by atoms with Crippen LogP contribution in [0, 0.1) is 11.8 Å². The lowest BCUT2D eigenvalue weighted by Gasteiger charge is -2.38. The van der Waals surface area contributed by atoms with Gasteiger partial charge in [-0.2, -0.15) is 0 Å². The summed E-state index contributed by atoms with van der Waals surface area (Å²) in [6, 6.07) is 7.24. The third-order valence-corrected chi connectivity index (χ3v) is 5.64. The highest BCUT2D eigenvalue weighted by atomic mass is 32.2. The number of anilines is 1. The molecule has 2 saturated heterocycles. The molecule has 3 rings (SSSR count). The van der Waals surface area contributed by atoms with Crippen molar-refractivity contribution >= 4 is 16.8 Å². The standard InChI is InChI=1S/C16H24N2O2S/c19-21(20)16-3-1-15(2-4-16)18-11-7-14(8-12-18)13-5-9-17-10-6-13/h1-4,13-14,17H,5-12H2,(H,19,20)/p-1. The van der Waals surface area contributed by atoms with Gasteiger partial charge in [-0.25, -0.2) is 0 Å². The molecule has 0 radical (unpaired) electrons. The lowest BCUT2D eigenvalue weighted by atomic mass is 9.79. The summed E-state index contributed by atoms with van der Waals surface area (Å²) in [6.07, 6.45) is 5.18. The highest BCUT2D eigenvalue weighted by molar-refractivity contribution is 7.79. The molecule has 4 nitrogen and oxygen atoms in total. The molecule has 0 aliphatic carbocycles. The van der Waals surface area contributed by atoms with Crippen LogP contribution >= 0.6 is 0 Å². The van der Waals surface area contributed by atoms with Crippen LogP contribution in [0.2, 0.25) is 0 Å². The van der Waals surface area contributed by atoms with Gasteiger partial charge < -0.3 is 14.8 Å². The van der Waals surface area contributed by atoms with Gasteiger partial charge >= 0.3 is 0 Å². The molecule has 0 bridgehead atoms. The van der Waals surface area contributed by atoms with E-state index in [0.717, 1.165) is 30.6 Å². The maximum Gasteiger partial charge on any atom is 0.0366 e. The third kappa shape index (κ3) is 3.65. The van der Waals surface area contributed by atoms with Crippen LogP contribution in [0.25, 0.3) is 0 Å². The van der Waals surface area contributed by atoms with E-state index in [9.17, 15) is 8.76 Å². The zero-order valence-corrected chi connectivity index (χ0v) is 13.1. The van der Waals surface area contributed by atoms with Gasteiger partial charge in [0.1, 0.15) is 0 Å². The molecule has 2 fully saturated rings. The molecule has 1 aromatic carbocycles. The summed E-state index contributed by atoms with van der Waals surface area (Å²) in [5.41, 5.74) is 1.15. The molecular formula is C16H23N2O2S-. The summed E-state index contributed by atoms with van der Waals surface area (Å²) in [4.78, 5) is 2.75. The molecule has 2 aliphatic heterocycles. The predicted molar refractivity (Wildman–Crippen MR) is 84.2 cm³/mol. The second-order valence-corrected chi connectivity index (χ2v) is 7.08. The first-order valence-corrected chi connectivity index (χ1v) is 8.96. The highest BCUT2D eigenvalue weighted by Crippen LogP contribution is 2.32. The SMILES string of the molecule is O=S([O-])c1ccc(N2CCC(C3CCNCC3)CC2)cc1. The van der Waals surface area contributed by atoms with Gasteiger partial charge in [0.25, 0.3) is 0 Å². The third-order valence-electron chi connectivity index (χ3n) is 4.98. The molecule has 0 amide bonds. The number of nitrogens with zero attached hydrogens (tertiary/aromatic N) is 1. The maximum absolute atomic E-state index is 10.9. The Kier molecular flexibility index (Phi) is 4.93. The quantitative estimate of drug-likeness (QED) is 0.869. The summed E-state index contributed by atoms with van der Waals surface area (Å²) >= 11 is -2.13. The van der Waals surface area contributed by atoms with Gasteiger partial charge in [0.05, 0.1) is 0 Å². The van der Waals surface area contributed by atoms with Crippen LogP contribution in [0.1, 0.15) is 25.7 Å². The average Bonchev–Trinajstić information content (AvgIpc) is 2.56. The number of piperidine rings is 2. The molecule has 116 valence electrons. The van der Waals surface area contributed by atoms with Crippen molar-refractivity contribution in [3.63, 3.8) is 0 Å². The Morgan fingerprint density at radius 2 is 1.57 bits per heavy atom. The fraction of sp³-hybridized carbons (Fsp3) is 0.625. The monoisotopic (exact) mass is 307 g/mol. The average molecular weight is 307 g/mol. The molecule has 0 spiro atoms. The van der Waals surface area contributed by atoms with Crippen molar-refractivity contribution in [1.29, 1.82) is 0 Å². The van der Waals surface area contributed by atoms with Gasteiger partial charge in [-0.15, -0.1) is 0 Å². The summed E-state index contributed by atoms with van der Waals surface area (Å²) in [5.74, 6) is 1.77. The van der Waals surface area contributed by atoms with E-state index < -0.39 is 11.1 Å². The zero-order chi connectivity index (χ0) is 14.7. The number of nitrogens with one attached hydrogen (secondary N) is 1. The van der Waals surface area contributed by atoms with Crippen LogP contribution in [-0.4, -0.2) is 34.9 Å². The zero-order valence-electron chi connectivity index (χ0n) is 12.3. The largest absolute Gasteiger partial charge is 0.768 e. The highest BCUT2D eigenvalue weighted by Gasteiger charge is 2.27. The Bertz CT molecular complexity index is 478. The van der Waals surface area contributed by atoms with E-state index in [1.54, 1.807) is 12.1 Å². The van der Waals surface area contributed by atoms with Gasteiger partial charge in [0.15, 0.2) is 0 Å². The number of benzene rings is 1. The minimum Gasteiger partial charge on any atom is -0.768 e. The Hall–Kier alpha value is -0.910. The smallest absolute Gasteiger partial charge is 0.0366 e. The Morgan fingerprint density at radius 3 is 2.14 bits per heavy atom. The molecule has 5 heteroatoms. The number of rotatable bonds is 3. The molecule has 21 heavy (non-hydrogen) atoms. The summed E-state index contributed by atoms with van der Waals surface area (Å²) < 4.78 is 21.8. The molecular weight excluding hydrogens is 284 g/mol. The van der Waals surface area contributed by atoms with E-state index >= 15 is 0 Å². The fourth-order valence-corrected chi connectivity index (χ4v) is 4.07. The van der Waals surface area contributed by atoms with Gasteiger partial charge in [-0.1, -0.05) is 0 Å². The van der Waals surface area contributed by atoms with Crippen molar-refractivity contribution in [3.05, 3.63) is 24.3 Å². The number of hydrogen-bond acceptors (Lipinski definition) is 4. The molecule has 2 aliphatic rings. The minimum atomic E-state index is -2.13. The van der Waals surface area contributed by atoms with E-state index in [-0.39, 0.29) is 0 Å². The van der Waals surface area contributed by atoms with Crippen LogP contribution in [0.3, 0.4) is 0 Å². The summed E-state index contributed by atoms with van der Waals surface area (Å²) in [6.45, 7) is 4.54. The van der Waals surface area contributed by atoms with Crippen molar-refractivity contribution in [2.24, 2.45) is 11.8 Å². The second kappa shape index (κ2) is 6.90. The normalized spacial score (nSPS) is 23.2. The fourth-order valence-electron chi connectivity index (χ4n) is 3.71. The van der Waals surface area contributed by atoms with Crippen LogP contribution in [0.4, 0.5) is 5.69 Å². The second-order valence-electron chi connectivity index (χ2n) is 6.14. The van der Waals surface area contributed by atoms with Gasteiger partial charge in [0, 0.05) is 23.7 Å². The van der Waals surface area contributed by atoms with E-state index in [2.05, 4.69) is 10.2 Å². The molecule has 2 heterocycles. The van der Waals surface area contributed by atoms with Crippen LogP contribution in [-0.2, 0) is 11.1 Å². The van der Waals surface area contributed by atoms with Crippen LogP contribution < -0.4 is 10.2 Å². The minimum absolute atomic E-state index is 0.364. The molecule has 1 unspecified atom stereocenters. The van der Waals surface area contributed by atoms with E-state index in [1.807, 2.05) is 12.1 Å². The van der Waals surface area contributed by atoms with Crippen LogP contribution in [0.15, 0.2) is 29.2 Å². The molecule has 1 aromatic rings. The summed E-state index contributed by atoms with van der Waals surface area (Å²) in [5, 5.41) is 3.44. The molecule has 0 aromatic heterocycles. The maximum atomic E-state index is 10.9. The van der Waals surface area contributed by atoms with Crippen molar-refractivity contribution in [1.82, 2.24) is 5.32 Å². The number of hydrogen-bond donors (Lipinski definition) is 1. The van der Waals surface area contributed by atoms with Crippen molar-refractivity contribution in [2.75, 3.05) is 31.1 Å². The van der Waals surface area contributed by atoms with Gasteiger partial charge in [-0.3, -0.25) is 4.21 Å². The molecule has 1 N–H and O–H groups in total. The van der Waals surface area contributed by atoms with Crippen LogP contribution in [0.5, 0.6) is 0 Å².